The number of benzene rings is 4. The van der Waals surface area contributed by atoms with E-state index >= 15 is 0 Å². The molecule has 1 unspecified atom stereocenters. The summed E-state index contributed by atoms with van der Waals surface area (Å²) < 4.78 is 19.3. The number of hydrogen-bond donors (Lipinski definition) is 2. The highest BCUT2D eigenvalue weighted by Crippen LogP contribution is 2.42. The van der Waals surface area contributed by atoms with Crippen molar-refractivity contribution < 1.29 is 48.1 Å². The summed E-state index contributed by atoms with van der Waals surface area (Å²) in [4.78, 5) is 78.8. The number of rotatable bonds is 17. The fourth-order valence-corrected chi connectivity index (χ4v) is 9.26. The number of phenolic OH excluding ortho intramolecular Hbond substituents is 1. The molecule has 0 spiro atoms. The number of nitrogens with zero attached hydrogens (tertiary/aromatic N) is 4. The van der Waals surface area contributed by atoms with Gasteiger partial charge in [-0.25, -0.2) is 0 Å². The van der Waals surface area contributed by atoms with Crippen molar-refractivity contribution in [2.24, 2.45) is 7.05 Å². The van der Waals surface area contributed by atoms with Gasteiger partial charge in [0.25, 0.3) is 17.7 Å². The normalized spacial score (nSPS) is 16.3. The zero-order valence-electron chi connectivity index (χ0n) is 38.3. The number of carbonyl (C=O) groups excluding carboxylic acids is 6. The SMILES string of the molecule is Cc1cc(-c2ccc(CCc3ccc(OC4CCN(C(=O)CCOCCNC(=O)COc5cccc6c5C(=O)N(C5CCC(=O)CC5=O)C6=O)CC4)cc3)c(-c3ccc(Cl)c(C)c3)c2O)n(C)n1. The average Bonchev–Trinajstić information content (AvgIpc) is 3.79. The zero-order valence-corrected chi connectivity index (χ0v) is 39.1. The van der Waals surface area contributed by atoms with Gasteiger partial charge in [0, 0.05) is 62.1 Å². The van der Waals surface area contributed by atoms with Crippen LogP contribution in [0.15, 0.2) is 78.9 Å². The monoisotopic (exact) mass is 943 g/mol. The lowest BCUT2D eigenvalue weighted by Gasteiger charge is -2.32. The molecule has 3 aliphatic rings. The lowest BCUT2D eigenvalue weighted by Crippen LogP contribution is -2.47. The van der Waals surface area contributed by atoms with E-state index in [4.69, 9.17) is 25.8 Å². The Hall–Kier alpha value is -6.84. The van der Waals surface area contributed by atoms with E-state index in [0.29, 0.717) is 42.9 Å². The van der Waals surface area contributed by atoms with Gasteiger partial charge in [-0.05, 0) is 104 Å². The maximum absolute atomic E-state index is 13.3. The molecule has 5 aromatic rings. The smallest absolute Gasteiger partial charge is 0.266 e. The minimum Gasteiger partial charge on any atom is -0.507 e. The molecule has 1 aliphatic carbocycles. The van der Waals surface area contributed by atoms with Gasteiger partial charge in [-0.1, -0.05) is 41.9 Å². The number of imide groups is 1. The van der Waals surface area contributed by atoms with Crippen molar-refractivity contribution in [1.29, 1.82) is 0 Å². The second kappa shape index (κ2) is 21.0. The molecule has 2 N–H and O–H groups in total. The molecule has 1 saturated heterocycles. The van der Waals surface area contributed by atoms with Crippen LogP contribution in [0.1, 0.15) is 81.6 Å². The molecule has 0 radical (unpaired) electrons. The van der Waals surface area contributed by atoms with Gasteiger partial charge in [-0.15, -0.1) is 0 Å². The number of amides is 4. The summed E-state index contributed by atoms with van der Waals surface area (Å²) in [5.41, 5.74) is 7.25. The molecule has 4 aromatic carbocycles. The number of ether oxygens (including phenoxy) is 3. The first-order valence-electron chi connectivity index (χ1n) is 22.9. The summed E-state index contributed by atoms with van der Waals surface area (Å²) in [6, 6.07) is 23.4. The summed E-state index contributed by atoms with van der Waals surface area (Å²) in [5, 5.41) is 19.6. The van der Waals surface area contributed by atoms with Crippen LogP contribution in [0, 0.1) is 13.8 Å². The first kappa shape index (κ1) is 47.6. The highest BCUT2D eigenvalue weighted by molar-refractivity contribution is 6.31. The minimum absolute atomic E-state index is 0.0158. The molecule has 2 aliphatic heterocycles. The number of Topliss-reactive ketones (excluding diaryl/α,β-unsaturated/α-hetero) is 2. The maximum Gasteiger partial charge on any atom is 0.266 e. The molecule has 0 bridgehead atoms. The van der Waals surface area contributed by atoms with E-state index in [-0.39, 0.29) is 85.9 Å². The van der Waals surface area contributed by atoms with Crippen molar-refractivity contribution in [1.82, 2.24) is 24.9 Å². The van der Waals surface area contributed by atoms with Crippen molar-refractivity contribution in [3.63, 3.8) is 0 Å². The molecule has 354 valence electrons. The van der Waals surface area contributed by atoms with Gasteiger partial charge in [-0.2, -0.15) is 5.10 Å². The largest absolute Gasteiger partial charge is 0.507 e. The van der Waals surface area contributed by atoms with Crippen LogP contribution in [-0.4, -0.2) is 111 Å². The summed E-state index contributed by atoms with van der Waals surface area (Å²) in [5.74, 6) is -1.48. The van der Waals surface area contributed by atoms with Crippen LogP contribution in [0.4, 0.5) is 0 Å². The topological polar surface area (TPSA) is 187 Å². The van der Waals surface area contributed by atoms with E-state index < -0.39 is 36.2 Å². The van der Waals surface area contributed by atoms with Crippen LogP contribution in [0.2, 0.25) is 5.02 Å². The lowest BCUT2D eigenvalue weighted by atomic mass is 9.90. The van der Waals surface area contributed by atoms with Gasteiger partial charge in [0.05, 0.1) is 54.6 Å². The van der Waals surface area contributed by atoms with Gasteiger partial charge in [0.15, 0.2) is 12.4 Å². The molecule has 2 fully saturated rings. The number of aryl methyl sites for hydroxylation is 5. The van der Waals surface area contributed by atoms with Gasteiger partial charge in [0.1, 0.15) is 29.1 Å². The van der Waals surface area contributed by atoms with Crippen molar-refractivity contribution in [3.05, 3.63) is 117 Å². The van der Waals surface area contributed by atoms with Crippen LogP contribution in [-0.2, 0) is 43.8 Å². The standard InChI is InChI=1S/C52H54ClN5O10/c1-31-27-35(12-17-41(31)53)48-34(11-16-39(50(48)63)43-28-32(2)55-56(43)3)10-7-33-8-14-37(15-9-33)68-38-19-23-57(24-20-38)47(62)21-25-66-26-22-54-46(61)30-67-45-6-4-5-40-49(45)52(65)58(51(40)64)42-18-13-36(59)29-44(42)60/h4-6,8-9,11-12,14-17,27-28,38,42,63H,7,10,13,18-26,29-30H2,1-3H3,(H,54,61). The third-order valence-electron chi connectivity index (χ3n) is 12.7. The van der Waals surface area contributed by atoms with E-state index in [1.54, 1.807) is 4.68 Å². The number of aromatic hydroxyl groups is 1. The van der Waals surface area contributed by atoms with Crippen molar-refractivity contribution in [2.45, 2.75) is 77.4 Å². The Kier molecular flexibility index (Phi) is 14.7. The van der Waals surface area contributed by atoms with E-state index in [0.717, 1.165) is 56.3 Å². The molecule has 15 nitrogen and oxygen atoms in total. The summed E-state index contributed by atoms with van der Waals surface area (Å²) >= 11 is 6.38. The molecule has 16 heteroatoms. The number of halogens is 1. The predicted octanol–water partition coefficient (Wildman–Crippen LogP) is 6.77. The Morgan fingerprint density at radius 2 is 1.65 bits per heavy atom. The lowest BCUT2D eigenvalue weighted by molar-refractivity contribution is -0.134. The van der Waals surface area contributed by atoms with Crippen LogP contribution in [0.3, 0.4) is 0 Å². The third kappa shape index (κ3) is 10.6. The predicted molar refractivity (Wildman–Crippen MR) is 253 cm³/mol. The number of likely N-dealkylation sites (tertiary alicyclic amines) is 1. The average molecular weight is 944 g/mol. The Balaban J connectivity index is 0.734. The zero-order chi connectivity index (χ0) is 48.1. The minimum atomic E-state index is -1.01. The Bertz CT molecular complexity index is 2760. The number of ketones is 2. The Morgan fingerprint density at radius 3 is 2.37 bits per heavy atom. The van der Waals surface area contributed by atoms with Crippen molar-refractivity contribution in [3.8, 4) is 39.6 Å². The van der Waals surface area contributed by atoms with Gasteiger partial charge in [-0.3, -0.25) is 38.3 Å². The third-order valence-corrected chi connectivity index (χ3v) is 13.2. The second-order valence-corrected chi connectivity index (χ2v) is 17.9. The van der Waals surface area contributed by atoms with Crippen LogP contribution >= 0.6 is 11.6 Å². The van der Waals surface area contributed by atoms with Gasteiger partial charge >= 0.3 is 0 Å². The quantitative estimate of drug-likeness (QED) is 0.0569. The molecule has 4 amide bonds. The molecule has 68 heavy (non-hydrogen) atoms. The molecule has 1 aromatic heterocycles. The van der Waals surface area contributed by atoms with Gasteiger partial charge in [0.2, 0.25) is 5.91 Å². The second-order valence-electron chi connectivity index (χ2n) is 17.5. The highest BCUT2D eigenvalue weighted by Gasteiger charge is 2.46. The Morgan fingerprint density at radius 1 is 0.868 bits per heavy atom. The van der Waals surface area contributed by atoms with E-state index in [9.17, 15) is 33.9 Å². The highest BCUT2D eigenvalue weighted by atomic mass is 35.5. The van der Waals surface area contributed by atoms with Gasteiger partial charge < -0.3 is 29.5 Å². The first-order valence-corrected chi connectivity index (χ1v) is 23.3. The molecular formula is C52H54ClN5O10. The van der Waals surface area contributed by atoms with Crippen molar-refractivity contribution in [2.75, 3.05) is 39.5 Å². The summed E-state index contributed by atoms with van der Waals surface area (Å²) in [6.45, 7) is 5.12. The molecule has 8 rings (SSSR count). The van der Waals surface area contributed by atoms with Crippen LogP contribution in [0.25, 0.3) is 22.4 Å². The van der Waals surface area contributed by atoms with Crippen molar-refractivity contribution >= 4 is 46.8 Å². The van der Waals surface area contributed by atoms with E-state index in [1.165, 1.54) is 18.2 Å². The van der Waals surface area contributed by atoms with E-state index in [2.05, 4.69) is 28.6 Å². The Labute approximate surface area is 399 Å². The summed E-state index contributed by atoms with van der Waals surface area (Å²) in [7, 11) is 1.87. The van der Waals surface area contributed by atoms with Crippen LogP contribution < -0.4 is 14.8 Å². The number of aromatic nitrogens is 2. The molecule has 3 heterocycles. The number of phenols is 1. The number of nitrogens with one attached hydrogen (secondary N) is 1. The maximum atomic E-state index is 13.3. The molecule has 1 atom stereocenters. The molecular weight excluding hydrogens is 890 g/mol. The number of carbonyl (C=O) groups is 6. The summed E-state index contributed by atoms with van der Waals surface area (Å²) in [6.07, 6.45) is 2.90. The van der Waals surface area contributed by atoms with E-state index in [1.807, 2.05) is 68.3 Å². The van der Waals surface area contributed by atoms with Crippen LogP contribution in [0.5, 0.6) is 17.2 Å². The number of fused-ring (bicyclic) bond motifs is 1. The molecule has 1 saturated carbocycles. The first-order chi connectivity index (χ1) is 32.7. The fourth-order valence-electron chi connectivity index (χ4n) is 9.15. The fraction of sp³-hybridized carbons (Fsp3) is 0.365. The number of piperidine rings is 1. The number of hydrogen-bond acceptors (Lipinski definition) is 11.